The molecule has 0 saturated carbocycles. The van der Waals surface area contributed by atoms with E-state index in [-0.39, 0.29) is 22.3 Å². The molecular formula is C27H38N2O5S. The fourth-order valence-corrected chi connectivity index (χ4v) is 5.89. The predicted molar refractivity (Wildman–Crippen MR) is 138 cm³/mol. The molecule has 0 aliphatic carbocycles. The topological polar surface area (TPSA) is 84.9 Å². The summed E-state index contributed by atoms with van der Waals surface area (Å²) in [6, 6.07) is 7.94. The van der Waals surface area contributed by atoms with E-state index in [1.807, 2.05) is 26.0 Å². The summed E-state index contributed by atoms with van der Waals surface area (Å²) in [5, 5.41) is 0. The highest BCUT2D eigenvalue weighted by Crippen LogP contribution is 2.33. The molecule has 1 aliphatic rings. The molecule has 2 aromatic carbocycles. The second-order valence-corrected chi connectivity index (χ2v) is 11.2. The van der Waals surface area contributed by atoms with Crippen molar-refractivity contribution >= 4 is 15.9 Å². The van der Waals surface area contributed by atoms with Gasteiger partial charge < -0.3 is 14.4 Å². The summed E-state index contributed by atoms with van der Waals surface area (Å²) in [5.74, 6) is 1.20. The first-order chi connectivity index (χ1) is 16.6. The van der Waals surface area contributed by atoms with Gasteiger partial charge in [0.15, 0.2) is 0 Å². The van der Waals surface area contributed by atoms with Gasteiger partial charge in [-0.3, -0.25) is 4.79 Å². The molecule has 1 heterocycles. The average Bonchev–Trinajstić information content (AvgIpc) is 3.12. The summed E-state index contributed by atoms with van der Waals surface area (Å²) in [6.45, 7) is 9.26. The molecule has 3 rings (SSSR count). The summed E-state index contributed by atoms with van der Waals surface area (Å²) in [5.41, 5.74) is 3.11. The van der Waals surface area contributed by atoms with Crippen LogP contribution in [0.25, 0.3) is 0 Å². The molecule has 1 fully saturated rings. The minimum Gasteiger partial charge on any atom is -0.496 e. The monoisotopic (exact) mass is 502 g/mol. The van der Waals surface area contributed by atoms with Gasteiger partial charge in [-0.15, -0.1) is 0 Å². The number of rotatable bonds is 8. The quantitative estimate of drug-likeness (QED) is 0.537. The maximum Gasteiger partial charge on any atom is 0.257 e. The highest BCUT2D eigenvalue weighted by atomic mass is 32.2. The van der Waals surface area contributed by atoms with Crippen LogP contribution < -0.4 is 14.2 Å². The number of aryl methyl sites for hydroxylation is 1. The molecule has 35 heavy (non-hydrogen) atoms. The lowest BCUT2D eigenvalue weighted by Gasteiger charge is -2.23. The Hall–Kier alpha value is -2.58. The Bertz CT molecular complexity index is 1150. The minimum atomic E-state index is -3.90. The largest absolute Gasteiger partial charge is 0.496 e. The van der Waals surface area contributed by atoms with Crippen molar-refractivity contribution in [3.63, 3.8) is 0 Å². The first-order valence-electron chi connectivity index (χ1n) is 12.3. The molecule has 0 radical (unpaired) electrons. The highest BCUT2D eigenvalue weighted by molar-refractivity contribution is 7.89. The van der Waals surface area contributed by atoms with E-state index < -0.39 is 16.1 Å². The van der Waals surface area contributed by atoms with Gasteiger partial charge in [0.1, 0.15) is 11.5 Å². The Morgan fingerprint density at radius 3 is 2.11 bits per heavy atom. The van der Waals surface area contributed by atoms with Gasteiger partial charge in [0.05, 0.1) is 24.7 Å². The van der Waals surface area contributed by atoms with Crippen LogP contribution in [0.3, 0.4) is 0 Å². The standard InChI is InChI=1S/C27H38N2O5S/c1-18(2)22-17-23(19(3)15-26(22)34-6)20(4)28-35(31,32)21-11-12-25(33-5)24(16-21)27(30)29-13-9-7-8-10-14-29/h11-12,15-18,20,28H,7-10,13-14H2,1-6H3/t20-/m0/s1. The molecule has 1 aliphatic heterocycles. The maximum atomic E-state index is 13.4. The number of hydrogen-bond acceptors (Lipinski definition) is 5. The van der Waals surface area contributed by atoms with Crippen molar-refractivity contribution in [1.82, 2.24) is 9.62 Å². The molecule has 0 spiro atoms. The lowest BCUT2D eigenvalue weighted by molar-refractivity contribution is 0.0758. The van der Waals surface area contributed by atoms with E-state index in [0.717, 1.165) is 48.1 Å². The fourth-order valence-electron chi connectivity index (χ4n) is 4.64. The third-order valence-electron chi connectivity index (χ3n) is 6.64. The van der Waals surface area contributed by atoms with Crippen molar-refractivity contribution in [2.75, 3.05) is 27.3 Å². The van der Waals surface area contributed by atoms with E-state index in [4.69, 9.17) is 9.47 Å². The number of sulfonamides is 1. The molecule has 192 valence electrons. The summed E-state index contributed by atoms with van der Waals surface area (Å²) >= 11 is 0. The second kappa shape index (κ2) is 11.4. The average molecular weight is 503 g/mol. The van der Waals surface area contributed by atoms with Crippen LogP contribution in [0.5, 0.6) is 11.5 Å². The van der Waals surface area contributed by atoms with E-state index in [1.54, 1.807) is 18.1 Å². The Labute approximate surface area is 209 Å². The van der Waals surface area contributed by atoms with Crippen LogP contribution in [0.1, 0.15) is 85.5 Å². The maximum absolute atomic E-state index is 13.4. The Kier molecular flexibility index (Phi) is 8.83. The zero-order valence-corrected chi connectivity index (χ0v) is 22.5. The van der Waals surface area contributed by atoms with Gasteiger partial charge >= 0.3 is 0 Å². The minimum absolute atomic E-state index is 0.0403. The highest BCUT2D eigenvalue weighted by Gasteiger charge is 2.26. The van der Waals surface area contributed by atoms with Crippen molar-refractivity contribution in [2.45, 2.75) is 70.2 Å². The third kappa shape index (κ3) is 6.16. The van der Waals surface area contributed by atoms with E-state index in [1.165, 1.54) is 19.2 Å². The van der Waals surface area contributed by atoms with Crippen LogP contribution in [-0.2, 0) is 10.0 Å². The Morgan fingerprint density at radius 2 is 1.54 bits per heavy atom. The molecule has 7 nitrogen and oxygen atoms in total. The van der Waals surface area contributed by atoms with Crippen molar-refractivity contribution in [2.24, 2.45) is 0 Å². The zero-order chi connectivity index (χ0) is 25.8. The van der Waals surface area contributed by atoms with Crippen LogP contribution in [0.4, 0.5) is 0 Å². The number of nitrogens with zero attached hydrogens (tertiary/aromatic N) is 1. The Balaban J connectivity index is 1.92. The number of methoxy groups -OCH3 is 2. The van der Waals surface area contributed by atoms with Crippen LogP contribution in [0.2, 0.25) is 0 Å². The van der Waals surface area contributed by atoms with Gasteiger partial charge in [-0.1, -0.05) is 26.7 Å². The first kappa shape index (κ1) is 27.0. The smallest absolute Gasteiger partial charge is 0.257 e. The number of hydrogen-bond donors (Lipinski definition) is 1. The van der Waals surface area contributed by atoms with Gasteiger partial charge in [0.25, 0.3) is 5.91 Å². The van der Waals surface area contributed by atoms with Crippen molar-refractivity contribution in [3.05, 3.63) is 52.6 Å². The molecule has 0 bridgehead atoms. The number of likely N-dealkylation sites (tertiary alicyclic amines) is 1. The SMILES string of the molecule is COc1ccc(S(=O)(=O)N[C@@H](C)c2cc(C(C)C)c(OC)cc2C)cc1C(=O)N1CCCCCC1. The number of benzene rings is 2. The van der Waals surface area contributed by atoms with Crippen LogP contribution >= 0.6 is 0 Å². The predicted octanol–water partition coefficient (Wildman–Crippen LogP) is 5.19. The fraction of sp³-hybridized carbons (Fsp3) is 0.519. The number of ether oxygens (including phenoxy) is 2. The van der Waals surface area contributed by atoms with E-state index >= 15 is 0 Å². The molecule has 0 unspecified atom stereocenters. The number of carbonyl (C=O) groups excluding carboxylic acids is 1. The molecular weight excluding hydrogens is 464 g/mol. The number of nitrogens with one attached hydrogen (secondary N) is 1. The third-order valence-corrected chi connectivity index (χ3v) is 8.18. The van der Waals surface area contributed by atoms with Gasteiger partial charge in [-0.05, 0) is 79.6 Å². The molecule has 8 heteroatoms. The molecule has 1 atom stereocenters. The van der Waals surface area contributed by atoms with E-state index in [9.17, 15) is 13.2 Å². The van der Waals surface area contributed by atoms with E-state index in [0.29, 0.717) is 18.8 Å². The summed E-state index contributed by atoms with van der Waals surface area (Å²) < 4.78 is 40.5. The van der Waals surface area contributed by atoms with Crippen LogP contribution in [-0.4, -0.2) is 46.5 Å². The number of amides is 1. The lowest BCUT2D eigenvalue weighted by atomic mass is 9.94. The molecule has 1 saturated heterocycles. The Morgan fingerprint density at radius 1 is 0.914 bits per heavy atom. The second-order valence-electron chi connectivity index (χ2n) is 9.52. The first-order valence-corrected chi connectivity index (χ1v) is 13.8. The molecule has 0 aromatic heterocycles. The lowest BCUT2D eigenvalue weighted by Crippen LogP contribution is -2.32. The zero-order valence-electron chi connectivity index (χ0n) is 21.7. The van der Waals surface area contributed by atoms with Gasteiger partial charge in [-0.2, -0.15) is 0 Å². The van der Waals surface area contributed by atoms with Crippen molar-refractivity contribution in [1.29, 1.82) is 0 Å². The van der Waals surface area contributed by atoms with Gasteiger partial charge in [-0.25, -0.2) is 13.1 Å². The van der Waals surface area contributed by atoms with Crippen LogP contribution in [0.15, 0.2) is 35.2 Å². The van der Waals surface area contributed by atoms with Crippen LogP contribution in [0, 0.1) is 6.92 Å². The van der Waals surface area contributed by atoms with Crippen molar-refractivity contribution < 1.29 is 22.7 Å². The molecule has 2 aromatic rings. The van der Waals surface area contributed by atoms with Crippen molar-refractivity contribution in [3.8, 4) is 11.5 Å². The van der Waals surface area contributed by atoms with Gasteiger partial charge in [0.2, 0.25) is 10.0 Å². The summed E-state index contributed by atoms with van der Waals surface area (Å²) in [4.78, 5) is 15.1. The van der Waals surface area contributed by atoms with E-state index in [2.05, 4.69) is 18.6 Å². The van der Waals surface area contributed by atoms with Gasteiger partial charge in [0, 0.05) is 19.1 Å². The summed E-state index contributed by atoms with van der Waals surface area (Å²) in [7, 11) is -0.772. The molecule has 1 N–H and O–H groups in total. The normalized spacial score (nSPS) is 15.6. The number of carbonyl (C=O) groups is 1. The summed E-state index contributed by atoms with van der Waals surface area (Å²) in [6.07, 6.45) is 4.09. The molecule has 1 amide bonds.